The van der Waals surface area contributed by atoms with Crippen LogP contribution in [0.2, 0.25) is 0 Å². The Hall–Kier alpha value is -1.56. The lowest BCUT2D eigenvalue weighted by atomic mass is 10.1. The number of alkyl halides is 3. The van der Waals surface area contributed by atoms with Crippen molar-refractivity contribution in [1.29, 1.82) is 0 Å². The summed E-state index contributed by atoms with van der Waals surface area (Å²) in [4.78, 5) is 11.7. The maximum absolute atomic E-state index is 12.3. The molecule has 1 aromatic rings. The van der Waals surface area contributed by atoms with Crippen LogP contribution in [0.25, 0.3) is 0 Å². The van der Waals surface area contributed by atoms with E-state index in [2.05, 4.69) is 0 Å². The van der Waals surface area contributed by atoms with Crippen molar-refractivity contribution in [3.05, 3.63) is 35.4 Å². The molecular weight excluding hydrogens is 247 g/mol. The van der Waals surface area contributed by atoms with E-state index in [1.165, 1.54) is 24.3 Å². The molecule has 0 aromatic heterocycles. The molecule has 6 heteroatoms. The zero-order chi connectivity index (χ0) is 13.8. The highest BCUT2D eigenvalue weighted by Crippen LogP contribution is 2.21. The molecule has 0 heterocycles. The summed E-state index contributed by atoms with van der Waals surface area (Å²) in [6.45, 7) is 1.58. The third-order valence-corrected chi connectivity index (χ3v) is 2.29. The molecule has 0 saturated carbocycles. The van der Waals surface area contributed by atoms with E-state index in [4.69, 9.17) is 4.74 Å². The number of carbonyl (C=O) groups is 1. The second-order valence-electron chi connectivity index (χ2n) is 3.74. The topological polar surface area (TPSA) is 29.5 Å². The van der Waals surface area contributed by atoms with Crippen molar-refractivity contribution in [3.63, 3.8) is 0 Å². The summed E-state index contributed by atoms with van der Waals surface area (Å²) in [5.41, 5.74) is 0.658. The third-order valence-electron chi connectivity index (χ3n) is 2.29. The molecule has 18 heavy (non-hydrogen) atoms. The average molecular weight is 261 g/mol. The van der Waals surface area contributed by atoms with Gasteiger partial charge in [-0.2, -0.15) is 13.2 Å². The van der Waals surface area contributed by atoms with Crippen LogP contribution in [-0.2, 0) is 11.3 Å². The number of ether oxygens (including phenoxy) is 1. The molecule has 0 unspecified atom stereocenters. The molecule has 0 atom stereocenters. The van der Waals surface area contributed by atoms with Crippen molar-refractivity contribution < 1.29 is 22.7 Å². The van der Waals surface area contributed by atoms with Gasteiger partial charge < -0.3 is 4.74 Å². The first-order chi connectivity index (χ1) is 8.34. The first-order valence-corrected chi connectivity index (χ1v) is 5.38. The molecule has 0 amide bonds. The number of hydrogen-bond acceptors (Lipinski definition) is 3. The lowest BCUT2D eigenvalue weighted by Crippen LogP contribution is -2.33. The smallest absolute Gasteiger partial charge is 0.459 e. The zero-order valence-corrected chi connectivity index (χ0v) is 10.1. The largest absolute Gasteiger partial charge is 0.462 e. The van der Waals surface area contributed by atoms with Gasteiger partial charge >= 0.3 is 12.3 Å². The lowest BCUT2D eigenvalue weighted by molar-refractivity contribution is -0.240. The SMILES string of the molecule is CCOC(=O)c1cccc(CN(C)C(F)(F)F)c1. The van der Waals surface area contributed by atoms with Crippen molar-refractivity contribution in [2.24, 2.45) is 0 Å². The van der Waals surface area contributed by atoms with Gasteiger partial charge in [-0.1, -0.05) is 12.1 Å². The van der Waals surface area contributed by atoms with E-state index >= 15 is 0 Å². The number of benzene rings is 1. The Morgan fingerprint density at radius 1 is 1.39 bits per heavy atom. The van der Waals surface area contributed by atoms with Gasteiger partial charge in [-0.25, -0.2) is 9.69 Å². The summed E-state index contributed by atoms with van der Waals surface area (Å²) < 4.78 is 41.8. The van der Waals surface area contributed by atoms with E-state index in [-0.39, 0.29) is 23.6 Å². The van der Waals surface area contributed by atoms with Crippen LogP contribution in [0.15, 0.2) is 24.3 Å². The Bertz CT molecular complexity index is 418. The van der Waals surface area contributed by atoms with E-state index in [0.717, 1.165) is 7.05 Å². The van der Waals surface area contributed by atoms with Gasteiger partial charge in [-0.15, -0.1) is 0 Å². The zero-order valence-electron chi connectivity index (χ0n) is 10.1. The molecule has 1 aromatic carbocycles. The van der Waals surface area contributed by atoms with Crippen LogP contribution in [0.5, 0.6) is 0 Å². The molecule has 0 aliphatic heterocycles. The Balaban J connectivity index is 2.80. The maximum atomic E-state index is 12.3. The fourth-order valence-electron chi connectivity index (χ4n) is 1.37. The highest BCUT2D eigenvalue weighted by molar-refractivity contribution is 5.89. The fraction of sp³-hybridized carbons (Fsp3) is 0.417. The number of carbonyl (C=O) groups excluding carboxylic acids is 1. The third kappa shape index (κ3) is 4.03. The number of rotatable bonds is 4. The van der Waals surface area contributed by atoms with Gasteiger partial charge in [0, 0.05) is 6.54 Å². The van der Waals surface area contributed by atoms with Crippen molar-refractivity contribution in [2.45, 2.75) is 19.8 Å². The van der Waals surface area contributed by atoms with E-state index in [1.54, 1.807) is 6.92 Å². The normalized spacial score (nSPS) is 11.7. The first kappa shape index (κ1) is 14.5. The van der Waals surface area contributed by atoms with Crippen LogP contribution in [0.1, 0.15) is 22.8 Å². The molecule has 100 valence electrons. The van der Waals surface area contributed by atoms with Crippen LogP contribution >= 0.6 is 0 Å². The van der Waals surface area contributed by atoms with Crippen LogP contribution in [-0.4, -0.2) is 30.8 Å². The average Bonchev–Trinajstić information content (AvgIpc) is 2.28. The van der Waals surface area contributed by atoms with Gasteiger partial charge in [0.25, 0.3) is 0 Å². The van der Waals surface area contributed by atoms with Gasteiger partial charge in [0.2, 0.25) is 0 Å². The second-order valence-corrected chi connectivity index (χ2v) is 3.74. The number of nitrogens with zero attached hydrogens (tertiary/aromatic N) is 1. The molecule has 0 saturated heterocycles. The standard InChI is InChI=1S/C12H14F3NO2/c1-3-18-11(17)10-6-4-5-9(7-10)8-16(2)12(13,14)15/h4-7H,3,8H2,1-2H3. The summed E-state index contributed by atoms with van der Waals surface area (Å²) in [5.74, 6) is -0.533. The van der Waals surface area contributed by atoms with Crippen molar-refractivity contribution in [1.82, 2.24) is 4.90 Å². The van der Waals surface area contributed by atoms with E-state index < -0.39 is 12.3 Å². The predicted molar refractivity (Wildman–Crippen MR) is 59.9 cm³/mol. The van der Waals surface area contributed by atoms with Crippen LogP contribution in [0.3, 0.4) is 0 Å². The van der Waals surface area contributed by atoms with Crippen LogP contribution < -0.4 is 0 Å². The Morgan fingerprint density at radius 2 is 2.06 bits per heavy atom. The van der Waals surface area contributed by atoms with Crippen molar-refractivity contribution in [2.75, 3.05) is 13.7 Å². The molecule has 1 rings (SSSR count). The quantitative estimate of drug-likeness (QED) is 0.616. The van der Waals surface area contributed by atoms with Gasteiger partial charge in [0.15, 0.2) is 0 Å². The molecule has 0 aliphatic rings. The summed E-state index contributed by atoms with van der Waals surface area (Å²) >= 11 is 0. The summed E-state index contributed by atoms with van der Waals surface area (Å²) in [6, 6.07) is 5.98. The lowest BCUT2D eigenvalue weighted by Gasteiger charge is -2.19. The molecule has 0 spiro atoms. The Morgan fingerprint density at radius 3 is 2.61 bits per heavy atom. The van der Waals surface area contributed by atoms with Crippen LogP contribution in [0, 0.1) is 0 Å². The minimum absolute atomic E-state index is 0.228. The fourth-order valence-corrected chi connectivity index (χ4v) is 1.37. The van der Waals surface area contributed by atoms with Gasteiger partial charge in [0.05, 0.1) is 12.2 Å². The first-order valence-electron chi connectivity index (χ1n) is 5.38. The Labute approximate surface area is 103 Å². The second kappa shape index (κ2) is 5.86. The molecule has 0 bridgehead atoms. The molecule has 0 aliphatic carbocycles. The Kier molecular flexibility index (Phi) is 4.72. The van der Waals surface area contributed by atoms with Gasteiger partial charge in [-0.05, 0) is 31.7 Å². The highest BCUT2D eigenvalue weighted by Gasteiger charge is 2.33. The molecular formula is C12H14F3NO2. The summed E-state index contributed by atoms with van der Waals surface area (Å²) in [6.07, 6.45) is -4.39. The number of halogens is 3. The summed E-state index contributed by atoms with van der Waals surface area (Å²) in [7, 11) is 0.955. The highest BCUT2D eigenvalue weighted by atomic mass is 19.4. The maximum Gasteiger partial charge on any atom is 0.459 e. The number of esters is 1. The molecule has 3 nitrogen and oxygen atoms in total. The van der Waals surface area contributed by atoms with Gasteiger partial charge in [0.1, 0.15) is 0 Å². The van der Waals surface area contributed by atoms with E-state index in [1.807, 2.05) is 0 Å². The van der Waals surface area contributed by atoms with E-state index in [0.29, 0.717) is 5.56 Å². The van der Waals surface area contributed by atoms with Crippen molar-refractivity contribution in [3.8, 4) is 0 Å². The summed E-state index contributed by atoms with van der Waals surface area (Å²) in [5, 5.41) is 0. The minimum Gasteiger partial charge on any atom is -0.462 e. The van der Waals surface area contributed by atoms with Crippen molar-refractivity contribution >= 4 is 5.97 Å². The van der Waals surface area contributed by atoms with E-state index in [9.17, 15) is 18.0 Å². The van der Waals surface area contributed by atoms with Crippen LogP contribution in [0.4, 0.5) is 13.2 Å². The monoisotopic (exact) mass is 261 g/mol. The predicted octanol–water partition coefficient (Wildman–Crippen LogP) is 2.81. The molecule has 0 radical (unpaired) electrons. The number of hydrogen-bond donors (Lipinski definition) is 0. The van der Waals surface area contributed by atoms with Gasteiger partial charge in [-0.3, -0.25) is 0 Å². The molecule has 0 N–H and O–H groups in total. The molecule has 0 fully saturated rings. The minimum atomic E-state index is -4.39.